The van der Waals surface area contributed by atoms with Crippen molar-refractivity contribution < 1.29 is 4.74 Å². The van der Waals surface area contributed by atoms with Crippen LogP contribution in [0.4, 0.5) is 0 Å². The lowest BCUT2D eigenvalue weighted by Gasteiger charge is -2.32. The molecule has 2 rings (SSSR count). The molecule has 0 aromatic carbocycles. The SMILES string of the molecule is CCNC(CN(C)CC1CCCCC1)C1CCOC1. The van der Waals surface area contributed by atoms with Gasteiger partial charge in [0.2, 0.25) is 0 Å². The van der Waals surface area contributed by atoms with Crippen LogP contribution in [0.15, 0.2) is 0 Å². The Bertz CT molecular complexity index is 235. The summed E-state index contributed by atoms with van der Waals surface area (Å²) in [6.07, 6.45) is 8.48. The third-order valence-electron chi connectivity index (χ3n) is 4.80. The van der Waals surface area contributed by atoms with Crippen LogP contribution >= 0.6 is 0 Å². The van der Waals surface area contributed by atoms with Crippen LogP contribution in [-0.4, -0.2) is 50.8 Å². The van der Waals surface area contributed by atoms with Gasteiger partial charge in [-0.2, -0.15) is 0 Å². The zero-order chi connectivity index (χ0) is 13.5. The van der Waals surface area contributed by atoms with E-state index in [-0.39, 0.29) is 0 Å². The van der Waals surface area contributed by atoms with Crippen molar-refractivity contribution in [2.45, 2.75) is 51.5 Å². The van der Waals surface area contributed by atoms with E-state index in [2.05, 4.69) is 24.2 Å². The number of likely N-dealkylation sites (N-methyl/N-ethyl adjacent to an activating group) is 2. The molecule has 2 unspecified atom stereocenters. The van der Waals surface area contributed by atoms with Gasteiger partial charge in [0, 0.05) is 31.7 Å². The van der Waals surface area contributed by atoms with Gasteiger partial charge in [-0.25, -0.2) is 0 Å². The van der Waals surface area contributed by atoms with E-state index < -0.39 is 0 Å². The molecule has 3 nitrogen and oxygen atoms in total. The molecule has 19 heavy (non-hydrogen) atoms. The molecule has 0 bridgehead atoms. The summed E-state index contributed by atoms with van der Waals surface area (Å²) in [5.74, 6) is 1.66. The average molecular weight is 268 g/mol. The molecule has 0 spiro atoms. The first-order valence-corrected chi connectivity index (χ1v) is 8.29. The number of nitrogens with one attached hydrogen (secondary N) is 1. The molecule has 3 heteroatoms. The number of ether oxygens (including phenoxy) is 1. The molecule has 0 radical (unpaired) electrons. The van der Waals surface area contributed by atoms with Crippen molar-refractivity contribution in [2.24, 2.45) is 11.8 Å². The first-order chi connectivity index (χ1) is 9.29. The summed E-state index contributed by atoms with van der Waals surface area (Å²) in [5, 5.41) is 3.67. The zero-order valence-corrected chi connectivity index (χ0v) is 12.9. The van der Waals surface area contributed by atoms with Crippen molar-refractivity contribution in [1.29, 1.82) is 0 Å². The fourth-order valence-electron chi connectivity index (χ4n) is 3.73. The van der Waals surface area contributed by atoms with E-state index >= 15 is 0 Å². The highest BCUT2D eigenvalue weighted by molar-refractivity contribution is 4.82. The Labute approximate surface area is 119 Å². The second-order valence-corrected chi connectivity index (χ2v) is 6.51. The molecule has 1 N–H and O–H groups in total. The van der Waals surface area contributed by atoms with Crippen molar-refractivity contribution in [1.82, 2.24) is 10.2 Å². The van der Waals surface area contributed by atoms with Gasteiger partial charge in [0.05, 0.1) is 6.61 Å². The highest BCUT2D eigenvalue weighted by Crippen LogP contribution is 2.24. The van der Waals surface area contributed by atoms with Crippen LogP contribution in [0.25, 0.3) is 0 Å². The minimum atomic E-state index is 0.612. The monoisotopic (exact) mass is 268 g/mol. The van der Waals surface area contributed by atoms with Gasteiger partial charge in [0.25, 0.3) is 0 Å². The van der Waals surface area contributed by atoms with Gasteiger partial charge in [-0.15, -0.1) is 0 Å². The lowest BCUT2D eigenvalue weighted by molar-refractivity contribution is 0.159. The molecule has 2 atom stereocenters. The smallest absolute Gasteiger partial charge is 0.0510 e. The Kier molecular flexibility index (Phi) is 6.62. The fourth-order valence-corrected chi connectivity index (χ4v) is 3.73. The van der Waals surface area contributed by atoms with E-state index in [0.29, 0.717) is 12.0 Å². The maximum Gasteiger partial charge on any atom is 0.0510 e. The minimum Gasteiger partial charge on any atom is -0.381 e. The molecule has 0 aromatic rings. The highest BCUT2D eigenvalue weighted by atomic mass is 16.5. The quantitative estimate of drug-likeness (QED) is 0.768. The normalized spacial score (nSPS) is 27.0. The lowest BCUT2D eigenvalue weighted by atomic mass is 9.88. The molecule has 2 aliphatic rings. The summed E-state index contributed by atoms with van der Waals surface area (Å²) >= 11 is 0. The maximum absolute atomic E-state index is 5.56. The molecule has 2 fully saturated rings. The summed E-state index contributed by atoms with van der Waals surface area (Å²) in [6.45, 7) is 7.66. The Morgan fingerprint density at radius 3 is 2.63 bits per heavy atom. The molecule has 1 aliphatic carbocycles. The maximum atomic E-state index is 5.56. The lowest BCUT2D eigenvalue weighted by Crippen LogP contribution is -2.46. The van der Waals surface area contributed by atoms with Crippen LogP contribution in [0.5, 0.6) is 0 Å². The molecular formula is C16H32N2O. The van der Waals surface area contributed by atoms with Crippen molar-refractivity contribution in [2.75, 3.05) is 39.9 Å². The summed E-state index contributed by atoms with van der Waals surface area (Å²) in [5.41, 5.74) is 0. The standard InChI is InChI=1S/C16H32N2O/c1-3-17-16(15-9-10-19-13-15)12-18(2)11-14-7-5-4-6-8-14/h14-17H,3-13H2,1-2H3. The molecule has 0 amide bonds. The number of hydrogen-bond donors (Lipinski definition) is 1. The number of nitrogens with zero attached hydrogens (tertiary/aromatic N) is 1. The largest absolute Gasteiger partial charge is 0.381 e. The predicted octanol–water partition coefficient (Wildman–Crippen LogP) is 2.51. The van der Waals surface area contributed by atoms with Crippen LogP contribution in [0.3, 0.4) is 0 Å². The van der Waals surface area contributed by atoms with E-state index in [4.69, 9.17) is 4.74 Å². The minimum absolute atomic E-state index is 0.612. The molecule has 1 saturated carbocycles. The van der Waals surface area contributed by atoms with Gasteiger partial charge in [-0.3, -0.25) is 0 Å². The van der Waals surface area contributed by atoms with Crippen LogP contribution in [0.1, 0.15) is 45.4 Å². The van der Waals surface area contributed by atoms with Crippen molar-refractivity contribution in [3.8, 4) is 0 Å². The second kappa shape index (κ2) is 8.23. The van der Waals surface area contributed by atoms with Crippen molar-refractivity contribution in [3.63, 3.8) is 0 Å². The summed E-state index contributed by atoms with van der Waals surface area (Å²) in [6, 6.07) is 0.612. The van der Waals surface area contributed by atoms with Gasteiger partial charge in [0.1, 0.15) is 0 Å². The Morgan fingerprint density at radius 1 is 1.21 bits per heavy atom. The van der Waals surface area contributed by atoms with Gasteiger partial charge >= 0.3 is 0 Å². The fraction of sp³-hybridized carbons (Fsp3) is 1.00. The topological polar surface area (TPSA) is 24.5 Å². The van der Waals surface area contributed by atoms with Crippen LogP contribution in [-0.2, 0) is 4.74 Å². The van der Waals surface area contributed by atoms with Crippen LogP contribution in [0, 0.1) is 11.8 Å². The molecule has 0 aromatic heterocycles. The summed E-state index contributed by atoms with van der Waals surface area (Å²) < 4.78 is 5.56. The van der Waals surface area contributed by atoms with Crippen LogP contribution < -0.4 is 5.32 Å². The molecule has 1 heterocycles. The van der Waals surface area contributed by atoms with E-state index in [9.17, 15) is 0 Å². The molecule has 112 valence electrons. The second-order valence-electron chi connectivity index (χ2n) is 6.51. The third kappa shape index (κ3) is 5.05. The van der Waals surface area contributed by atoms with Gasteiger partial charge in [0.15, 0.2) is 0 Å². The van der Waals surface area contributed by atoms with E-state index in [1.165, 1.54) is 51.6 Å². The first kappa shape index (κ1) is 15.3. The summed E-state index contributed by atoms with van der Waals surface area (Å²) in [7, 11) is 2.30. The number of hydrogen-bond acceptors (Lipinski definition) is 3. The van der Waals surface area contributed by atoms with Crippen LogP contribution in [0.2, 0.25) is 0 Å². The van der Waals surface area contributed by atoms with Gasteiger partial charge in [-0.1, -0.05) is 26.2 Å². The third-order valence-corrected chi connectivity index (χ3v) is 4.80. The van der Waals surface area contributed by atoms with E-state index in [0.717, 1.165) is 25.7 Å². The highest BCUT2D eigenvalue weighted by Gasteiger charge is 2.26. The summed E-state index contributed by atoms with van der Waals surface area (Å²) in [4.78, 5) is 2.56. The Hall–Kier alpha value is -0.120. The zero-order valence-electron chi connectivity index (χ0n) is 12.9. The van der Waals surface area contributed by atoms with Gasteiger partial charge in [-0.05, 0) is 38.8 Å². The average Bonchev–Trinajstić information content (AvgIpc) is 2.93. The van der Waals surface area contributed by atoms with Gasteiger partial charge < -0.3 is 15.0 Å². The Balaban J connectivity index is 1.74. The van der Waals surface area contributed by atoms with Crippen molar-refractivity contribution >= 4 is 0 Å². The molecule has 1 saturated heterocycles. The first-order valence-electron chi connectivity index (χ1n) is 8.29. The van der Waals surface area contributed by atoms with Crippen molar-refractivity contribution in [3.05, 3.63) is 0 Å². The Morgan fingerprint density at radius 2 is 2.00 bits per heavy atom. The molecule has 1 aliphatic heterocycles. The van der Waals surface area contributed by atoms with E-state index in [1.54, 1.807) is 0 Å². The number of rotatable bonds is 7. The molecular weight excluding hydrogens is 236 g/mol. The predicted molar refractivity (Wildman–Crippen MR) is 80.5 cm³/mol. The van der Waals surface area contributed by atoms with E-state index in [1.807, 2.05) is 0 Å².